The third-order valence-electron chi connectivity index (χ3n) is 6.14. The van der Waals surface area contributed by atoms with Crippen LogP contribution >= 0.6 is 0 Å². The number of aromatic nitrogens is 1. The van der Waals surface area contributed by atoms with E-state index in [4.69, 9.17) is 0 Å². The van der Waals surface area contributed by atoms with Crippen LogP contribution < -0.4 is 0 Å². The molecule has 0 saturated heterocycles. The number of aryl methyl sites for hydroxylation is 1. The number of para-hydroxylation sites is 1. The van der Waals surface area contributed by atoms with Crippen molar-refractivity contribution in [3.63, 3.8) is 0 Å². The monoisotopic (exact) mass is 339 g/mol. The zero-order chi connectivity index (χ0) is 18.0. The molecule has 0 radical (unpaired) electrons. The summed E-state index contributed by atoms with van der Waals surface area (Å²) in [4.78, 5) is 15.3. The van der Waals surface area contributed by atoms with Gasteiger partial charge >= 0.3 is 5.97 Å². The van der Waals surface area contributed by atoms with Crippen molar-refractivity contribution >= 4 is 16.9 Å². The van der Waals surface area contributed by atoms with E-state index in [1.807, 2.05) is 6.08 Å². The van der Waals surface area contributed by atoms with Crippen LogP contribution in [-0.4, -0.2) is 16.1 Å². The van der Waals surface area contributed by atoms with Crippen molar-refractivity contribution in [1.82, 2.24) is 4.98 Å². The Labute approximate surface area is 150 Å². The molecule has 2 aromatic rings. The van der Waals surface area contributed by atoms with E-state index in [9.17, 15) is 9.90 Å². The van der Waals surface area contributed by atoms with Crippen molar-refractivity contribution < 1.29 is 9.90 Å². The molecule has 2 N–H and O–H groups in total. The number of aliphatic carboxylic acids is 1. The number of nitrogens with one attached hydrogen (secondary N) is 1. The number of carboxylic acid groups (broad SMARTS) is 1. The van der Waals surface area contributed by atoms with Crippen molar-refractivity contribution in [3.8, 4) is 0 Å². The van der Waals surface area contributed by atoms with E-state index in [1.54, 1.807) is 0 Å². The molecule has 0 bridgehead atoms. The van der Waals surface area contributed by atoms with E-state index in [1.165, 1.54) is 27.7 Å². The number of rotatable bonds is 7. The number of allylic oxidation sites excluding steroid dienone is 1. The molecule has 2 atom stereocenters. The Morgan fingerprint density at radius 3 is 2.88 bits per heavy atom. The second-order valence-electron chi connectivity index (χ2n) is 7.41. The molecule has 3 nitrogen and oxygen atoms in total. The fourth-order valence-electron chi connectivity index (χ4n) is 4.71. The van der Waals surface area contributed by atoms with Crippen LogP contribution in [0.15, 0.2) is 30.9 Å². The van der Waals surface area contributed by atoms with Gasteiger partial charge in [0.25, 0.3) is 0 Å². The number of aromatic amines is 1. The quantitative estimate of drug-likeness (QED) is 0.636. The van der Waals surface area contributed by atoms with Crippen molar-refractivity contribution in [2.24, 2.45) is 0 Å². The lowest BCUT2D eigenvalue weighted by Gasteiger charge is -2.39. The number of hydrogen-bond donors (Lipinski definition) is 2. The minimum absolute atomic E-state index is 0.207. The zero-order valence-electron chi connectivity index (χ0n) is 15.4. The number of H-pyrrole nitrogens is 1. The van der Waals surface area contributed by atoms with Crippen LogP contribution in [-0.2, 0) is 16.6 Å². The van der Waals surface area contributed by atoms with Gasteiger partial charge < -0.3 is 10.1 Å². The summed E-state index contributed by atoms with van der Waals surface area (Å²) in [7, 11) is 0. The smallest absolute Gasteiger partial charge is 0.304 e. The largest absolute Gasteiger partial charge is 0.481 e. The fraction of sp³-hybridized carbons (Fsp3) is 0.500. The van der Waals surface area contributed by atoms with Crippen LogP contribution in [0.1, 0.15) is 75.1 Å². The zero-order valence-corrected chi connectivity index (χ0v) is 15.4. The first-order chi connectivity index (χ1) is 12.1. The van der Waals surface area contributed by atoms with Gasteiger partial charge in [-0.2, -0.15) is 0 Å². The predicted molar refractivity (Wildman–Crippen MR) is 103 cm³/mol. The Kier molecular flexibility index (Phi) is 5.03. The SMILES string of the molecule is C=CCC[C@@H]1CCC(CC)(CC(=O)O)c2[nH]c3c(CC)cccc3c21. The Morgan fingerprint density at radius 2 is 2.24 bits per heavy atom. The highest BCUT2D eigenvalue weighted by Crippen LogP contribution is 2.50. The number of fused-ring (bicyclic) bond motifs is 3. The minimum Gasteiger partial charge on any atom is -0.481 e. The molecule has 1 aliphatic carbocycles. The third-order valence-corrected chi connectivity index (χ3v) is 6.14. The average molecular weight is 339 g/mol. The molecular formula is C22H29NO2. The summed E-state index contributed by atoms with van der Waals surface area (Å²) >= 11 is 0. The fourth-order valence-corrected chi connectivity index (χ4v) is 4.71. The van der Waals surface area contributed by atoms with E-state index in [2.05, 4.69) is 43.6 Å². The summed E-state index contributed by atoms with van der Waals surface area (Å²) in [5.41, 5.74) is 4.82. The van der Waals surface area contributed by atoms with Crippen LogP contribution in [0.4, 0.5) is 0 Å². The molecule has 134 valence electrons. The lowest BCUT2D eigenvalue weighted by Crippen LogP contribution is -2.34. The Morgan fingerprint density at radius 1 is 1.44 bits per heavy atom. The van der Waals surface area contributed by atoms with Gasteiger partial charge in [0.2, 0.25) is 0 Å². The van der Waals surface area contributed by atoms with Crippen LogP contribution in [0.2, 0.25) is 0 Å². The maximum atomic E-state index is 11.6. The molecular weight excluding hydrogens is 310 g/mol. The highest BCUT2D eigenvalue weighted by molar-refractivity contribution is 5.89. The second-order valence-corrected chi connectivity index (χ2v) is 7.41. The third kappa shape index (κ3) is 3.01. The topological polar surface area (TPSA) is 53.1 Å². The van der Waals surface area contributed by atoms with E-state index >= 15 is 0 Å². The van der Waals surface area contributed by atoms with Crippen LogP contribution in [0.3, 0.4) is 0 Å². The number of carboxylic acids is 1. The van der Waals surface area contributed by atoms with Gasteiger partial charge in [-0.25, -0.2) is 0 Å². The number of carbonyl (C=O) groups is 1. The van der Waals surface area contributed by atoms with Gasteiger partial charge in [0.1, 0.15) is 0 Å². The number of benzene rings is 1. The summed E-state index contributed by atoms with van der Waals surface area (Å²) in [6.45, 7) is 8.18. The maximum absolute atomic E-state index is 11.6. The average Bonchev–Trinajstić information content (AvgIpc) is 3.01. The van der Waals surface area contributed by atoms with Crippen LogP contribution in [0, 0.1) is 0 Å². The summed E-state index contributed by atoms with van der Waals surface area (Å²) in [5.74, 6) is -0.214. The van der Waals surface area contributed by atoms with Gasteiger partial charge in [-0.15, -0.1) is 6.58 Å². The van der Waals surface area contributed by atoms with Crippen molar-refractivity contribution in [2.75, 3.05) is 0 Å². The molecule has 3 heteroatoms. The Hall–Kier alpha value is -2.03. The van der Waals surface area contributed by atoms with Gasteiger partial charge in [-0.05, 0) is 55.6 Å². The number of hydrogen-bond acceptors (Lipinski definition) is 1. The van der Waals surface area contributed by atoms with Gasteiger partial charge in [-0.1, -0.05) is 38.1 Å². The lowest BCUT2D eigenvalue weighted by atomic mass is 9.65. The van der Waals surface area contributed by atoms with Gasteiger partial charge in [0.05, 0.1) is 6.42 Å². The Balaban J connectivity index is 2.23. The first kappa shape index (κ1) is 17.8. The molecule has 0 aliphatic heterocycles. The normalized spacial score (nSPS) is 22.7. The van der Waals surface area contributed by atoms with Crippen molar-refractivity contribution in [1.29, 1.82) is 0 Å². The van der Waals surface area contributed by atoms with E-state index in [0.29, 0.717) is 5.92 Å². The van der Waals surface area contributed by atoms with Crippen molar-refractivity contribution in [3.05, 3.63) is 47.7 Å². The van der Waals surface area contributed by atoms with E-state index < -0.39 is 5.97 Å². The molecule has 25 heavy (non-hydrogen) atoms. The molecule has 0 saturated carbocycles. The molecule has 0 fully saturated rings. The Bertz CT molecular complexity index is 789. The molecule has 1 aliphatic rings. The van der Waals surface area contributed by atoms with Crippen molar-refractivity contribution in [2.45, 2.75) is 70.1 Å². The predicted octanol–water partition coefficient (Wildman–Crippen LogP) is 5.70. The summed E-state index contributed by atoms with van der Waals surface area (Å²) < 4.78 is 0. The molecule has 1 unspecified atom stereocenters. The lowest BCUT2D eigenvalue weighted by molar-refractivity contribution is -0.138. The minimum atomic E-state index is -0.702. The van der Waals surface area contributed by atoms with Crippen LogP contribution in [0.5, 0.6) is 0 Å². The molecule has 1 aromatic carbocycles. The van der Waals surface area contributed by atoms with Crippen LogP contribution in [0.25, 0.3) is 10.9 Å². The molecule has 1 heterocycles. The standard InChI is InChI=1S/C22H29NO2/c1-4-7-9-16-12-13-22(6-3,14-18(24)25)21-19(16)17-11-8-10-15(5-2)20(17)23-21/h4,8,10-11,16,23H,1,5-7,9,12-14H2,2-3H3,(H,24,25)/t16-,22?/m1/s1. The summed E-state index contributed by atoms with van der Waals surface area (Å²) in [5, 5.41) is 10.8. The molecule has 1 aromatic heterocycles. The highest BCUT2D eigenvalue weighted by atomic mass is 16.4. The molecule has 0 spiro atoms. The molecule has 0 amide bonds. The van der Waals surface area contributed by atoms with Gasteiger partial charge in [0.15, 0.2) is 0 Å². The first-order valence-electron chi connectivity index (χ1n) is 9.53. The van der Waals surface area contributed by atoms with E-state index in [-0.39, 0.29) is 11.8 Å². The van der Waals surface area contributed by atoms with Gasteiger partial charge in [-0.3, -0.25) is 4.79 Å². The first-order valence-corrected chi connectivity index (χ1v) is 9.53. The highest BCUT2D eigenvalue weighted by Gasteiger charge is 2.42. The maximum Gasteiger partial charge on any atom is 0.304 e. The van der Waals surface area contributed by atoms with E-state index in [0.717, 1.165) is 38.5 Å². The summed E-state index contributed by atoms with van der Waals surface area (Å²) in [6, 6.07) is 6.52. The summed E-state index contributed by atoms with van der Waals surface area (Å²) in [6.07, 6.45) is 8.13. The second kappa shape index (κ2) is 7.07. The van der Waals surface area contributed by atoms with Gasteiger partial charge in [0, 0.05) is 22.0 Å². The molecule has 3 rings (SSSR count).